The van der Waals surface area contributed by atoms with E-state index in [0.29, 0.717) is 70.9 Å². The second-order valence-electron chi connectivity index (χ2n) is 19.4. The minimum absolute atomic E-state index is 0.00527. The second-order valence-corrected chi connectivity index (χ2v) is 22.8. The fourth-order valence-electron chi connectivity index (χ4n) is 10.1. The molecule has 15 heteroatoms. The van der Waals surface area contributed by atoms with Crippen molar-refractivity contribution in [2.24, 2.45) is 0 Å². The number of carbonyl (C=O) groups is 4. The molecule has 5 aromatic rings. The van der Waals surface area contributed by atoms with E-state index in [1.807, 2.05) is 99.6 Å². The van der Waals surface area contributed by atoms with Gasteiger partial charge in [0, 0.05) is 70.9 Å². The van der Waals surface area contributed by atoms with Gasteiger partial charge < -0.3 is 44.9 Å². The number of rotatable bonds is 16. The van der Waals surface area contributed by atoms with Gasteiger partial charge in [-0.15, -0.1) is 0 Å². The molecule has 4 amide bonds. The van der Waals surface area contributed by atoms with Gasteiger partial charge in [-0.05, 0) is 134 Å². The number of nitrogens with zero attached hydrogens (tertiary/aromatic N) is 2. The number of carbonyl (C=O) groups excluding carboxylic acids is 4. The molecule has 5 aromatic carbocycles. The lowest BCUT2D eigenvalue weighted by molar-refractivity contribution is -0.120. The number of aliphatic hydroxyl groups excluding tert-OH is 2. The Hall–Kier alpha value is -6.00. The fourth-order valence-corrected chi connectivity index (χ4v) is 12.7. The zero-order valence-electron chi connectivity index (χ0n) is 40.4. The van der Waals surface area contributed by atoms with Crippen molar-refractivity contribution in [1.29, 1.82) is 0 Å². The second kappa shape index (κ2) is 20.4. The van der Waals surface area contributed by atoms with E-state index in [0.717, 1.165) is 45.6 Å². The van der Waals surface area contributed by atoms with E-state index in [9.17, 15) is 29.4 Å². The van der Waals surface area contributed by atoms with E-state index in [4.69, 9.17) is 14.2 Å². The Balaban J connectivity index is 0.954. The molecule has 0 radical (unpaired) electrons. The van der Waals surface area contributed by atoms with E-state index in [1.165, 1.54) is 7.11 Å². The normalized spacial score (nSPS) is 19.4. The number of fused-ring (bicyclic) bond motifs is 8. The van der Waals surface area contributed by atoms with Gasteiger partial charge in [-0.3, -0.25) is 19.2 Å². The van der Waals surface area contributed by atoms with Crippen molar-refractivity contribution in [2.45, 2.75) is 120 Å². The van der Waals surface area contributed by atoms with Crippen LogP contribution in [0.3, 0.4) is 0 Å². The first-order valence-corrected chi connectivity index (χ1v) is 26.1. The number of amides is 4. The van der Waals surface area contributed by atoms with Crippen molar-refractivity contribution >= 4 is 62.3 Å². The molecule has 0 aromatic heterocycles. The maximum atomic E-state index is 14.2. The van der Waals surface area contributed by atoms with E-state index < -0.39 is 23.0 Å². The molecule has 9 rings (SSSR count). The van der Waals surface area contributed by atoms with Gasteiger partial charge in [0.15, 0.2) is 11.5 Å². The molecule has 0 fully saturated rings. The molecule has 0 spiro atoms. The largest absolute Gasteiger partial charge is 0.493 e. The highest BCUT2D eigenvalue weighted by atomic mass is 33.1. The highest BCUT2D eigenvalue weighted by Gasteiger charge is 2.43. The predicted octanol–water partition coefficient (Wildman–Crippen LogP) is 8.54. The first-order valence-electron chi connectivity index (χ1n) is 23.9. The van der Waals surface area contributed by atoms with Gasteiger partial charge in [0.05, 0.1) is 31.4 Å². The summed E-state index contributed by atoms with van der Waals surface area (Å²) in [5.41, 5.74) is 8.87. The highest BCUT2D eigenvalue weighted by molar-refractivity contribution is 8.77. The number of hydrogen-bond donors (Lipinski definition) is 4. The standard InChI is InChI=1S/C55H60N4O9S2/c1-31-17-40-37(23-46(60)44-21-35-11-7-9-13-42(35)58(44)53(40)64)25-48(31)67-29-33-18-34(20-39(19-33)57-52(63)28-55(3,4)70-69-32(2)15-16-51(62)56-5)30-68-50-26-38-24-47(61)45-22-36-12-8-10-14-43(36)59(45)54(65)41(38)27-49(50)66-6/h7-14,17-20,25-27,32,44-47,60-61H,15-16,21-24,28-30H2,1-6H3,(H,56,62)(H,57,63)/t32?,44-,45-,46?,47?/m0/s1. The number of nitrogens with one attached hydrogen (secondary N) is 2. The van der Waals surface area contributed by atoms with Crippen LogP contribution in [0, 0.1) is 6.92 Å². The average Bonchev–Trinajstić information content (AvgIpc) is 3.88. The van der Waals surface area contributed by atoms with Gasteiger partial charge in [0.2, 0.25) is 11.8 Å². The van der Waals surface area contributed by atoms with Crippen molar-refractivity contribution < 1.29 is 43.6 Å². The number of hydrogen-bond acceptors (Lipinski definition) is 11. The highest BCUT2D eigenvalue weighted by Crippen LogP contribution is 2.44. The smallest absolute Gasteiger partial charge is 0.259 e. The van der Waals surface area contributed by atoms with Crippen LogP contribution < -0.4 is 34.6 Å². The van der Waals surface area contributed by atoms with Crippen LogP contribution in [0.15, 0.2) is 91.0 Å². The minimum atomic E-state index is -0.801. The van der Waals surface area contributed by atoms with Crippen molar-refractivity contribution in [2.75, 3.05) is 29.3 Å². The Morgan fingerprint density at radius 2 is 1.27 bits per heavy atom. The van der Waals surface area contributed by atoms with Crippen LogP contribution in [-0.4, -0.2) is 82.3 Å². The van der Waals surface area contributed by atoms with Crippen LogP contribution in [0.25, 0.3) is 0 Å². The van der Waals surface area contributed by atoms with Crippen LogP contribution >= 0.6 is 21.6 Å². The number of anilines is 3. The maximum absolute atomic E-state index is 14.2. The molecule has 0 bridgehead atoms. The summed E-state index contributed by atoms with van der Waals surface area (Å²) in [6.45, 7) is 8.22. The molecule has 366 valence electrons. The predicted molar refractivity (Wildman–Crippen MR) is 275 cm³/mol. The van der Waals surface area contributed by atoms with Gasteiger partial charge in [-0.25, -0.2) is 0 Å². The zero-order chi connectivity index (χ0) is 49.4. The summed E-state index contributed by atoms with van der Waals surface area (Å²) >= 11 is 0. The fraction of sp³-hybridized carbons (Fsp3) is 0.382. The molecule has 70 heavy (non-hydrogen) atoms. The van der Waals surface area contributed by atoms with Gasteiger partial charge in [0.25, 0.3) is 11.8 Å². The molecule has 0 saturated heterocycles. The summed E-state index contributed by atoms with van der Waals surface area (Å²) < 4.78 is 18.4. The lowest BCUT2D eigenvalue weighted by Crippen LogP contribution is -2.43. The lowest BCUT2D eigenvalue weighted by Gasteiger charge is -2.26. The number of para-hydroxylation sites is 2. The Labute approximate surface area is 417 Å². The van der Waals surface area contributed by atoms with Crippen LogP contribution in [0.2, 0.25) is 0 Å². The SMILES string of the molecule is CNC(=O)CCC(C)SSC(C)(C)CC(=O)Nc1cc(COc2cc3c(cc2C)C(=O)N2c4ccccc4C[C@H]2C(O)C3)cc(COc2cc3c(cc2OC)C(=O)N2c4ccccc4C[C@H]2C(O)C3)c1. The quantitative estimate of drug-likeness (QED) is 0.0700. The van der Waals surface area contributed by atoms with Crippen LogP contribution in [0.4, 0.5) is 17.1 Å². The number of methoxy groups -OCH3 is 1. The summed E-state index contributed by atoms with van der Waals surface area (Å²) in [6, 6.07) is 27.7. The molecule has 4 heterocycles. The topological polar surface area (TPSA) is 167 Å². The van der Waals surface area contributed by atoms with Gasteiger partial charge >= 0.3 is 0 Å². The van der Waals surface area contributed by atoms with Crippen LogP contribution in [0.1, 0.15) is 99.7 Å². The first-order chi connectivity index (χ1) is 33.6. The third kappa shape index (κ3) is 10.3. The molecule has 4 aliphatic heterocycles. The molecule has 5 atom stereocenters. The van der Waals surface area contributed by atoms with Gasteiger partial charge in [-0.2, -0.15) is 0 Å². The van der Waals surface area contributed by atoms with Gasteiger partial charge in [0.1, 0.15) is 19.0 Å². The summed E-state index contributed by atoms with van der Waals surface area (Å²) in [4.78, 5) is 57.3. The summed E-state index contributed by atoms with van der Waals surface area (Å²) in [6.07, 6.45) is 1.52. The van der Waals surface area contributed by atoms with Crippen molar-refractivity contribution in [3.8, 4) is 17.2 Å². The van der Waals surface area contributed by atoms with E-state index >= 15 is 0 Å². The summed E-state index contributed by atoms with van der Waals surface area (Å²) in [7, 11) is 6.46. The van der Waals surface area contributed by atoms with Crippen LogP contribution in [-0.2, 0) is 48.5 Å². The molecule has 0 saturated carbocycles. The summed E-state index contributed by atoms with van der Waals surface area (Å²) in [5, 5.41) is 28.9. The molecule has 0 aliphatic carbocycles. The third-order valence-corrected chi connectivity index (χ3v) is 17.5. The molecule has 13 nitrogen and oxygen atoms in total. The lowest BCUT2D eigenvalue weighted by atomic mass is 9.96. The van der Waals surface area contributed by atoms with E-state index in [-0.39, 0.29) is 61.0 Å². The Bertz CT molecular complexity index is 2850. The molecule has 4 N–H and O–H groups in total. The van der Waals surface area contributed by atoms with Gasteiger partial charge in [-0.1, -0.05) is 64.9 Å². The number of aryl methyl sites for hydroxylation is 1. The number of aliphatic hydroxyl groups is 2. The number of ether oxygens (including phenoxy) is 3. The Morgan fingerprint density at radius 3 is 1.84 bits per heavy atom. The third-order valence-electron chi connectivity index (χ3n) is 13.7. The van der Waals surface area contributed by atoms with Crippen molar-refractivity contribution in [3.05, 3.63) is 141 Å². The summed E-state index contributed by atoms with van der Waals surface area (Å²) in [5.74, 6) is 0.836. The maximum Gasteiger partial charge on any atom is 0.259 e. The Kier molecular flexibility index (Phi) is 14.3. The number of benzene rings is 5. The molecular formula is C55H60N4O9S2. The molecular weight excluding hydrogens is 925 g/mol. The van der Waals surface area contributed by atoms with Crippen LogP contribution in [0.5, 0.6) is 17.2 Å². The minimum Gasteiger partial charge on any atom is -0.493 e. The zero-order valence-corrected chi connectivity index (χ0v) is 42.0. The van der Waals surface area contributed by atoms with Crippen molar-refractivity contribution in [3.63, 3.8) is 0 Å². The monoisotopic (exact) mass is 984 g/mol. The Morgan fingerprint density at radius 1 is 0.729 bits per heavy atom. The molecule has 3 unspecified atom stereocenters. The molecule has 4 aliphatic rings. The average molecular weight is 985 g/mol. The van der Waals surface area contributed by atoms with E-state index in [1.54, 1.807) is 50.6 Å². The first kappa shape index (κ1) is 49.0. The van der Waals surface area contributed by atoms with E-state index in [2.05, 4.69) is 17.6 Å². The van der Waals surface area contributed by atoms with Crippen molar-refractivity contribution in [1.82, 2.24) is 5.32 Å².